The van der Waals surface area contributed by atoms with Crippen LogP contribution in [0.1, 0.15) is 0 Å². The van der Waals surface area contributed by atoms with E-state index < -0.39 is 5.56 Å². The zero-order chi connectivity index (χ0) is 9.42. The standard InChI is InChI=1S/C7H3Cl2N3O/c8-3-1-2-10-6-4(3)11-5(9)7(13)12-6/h1-2H,(H,10,12,13). The van der Waals surface area contributed by atoms with Gasteiger partial charge in [0.1, 0.15) is 5.52 Å². The van der Waals surface area contributed by atoms with E-state index in [1.54, 1.807) is 6.07 Å². The number of nitrogens with one attached hydrogen (secondary N) is 1. The molecule has 2 aromatic heterocycles. The molecule has 0 aromatic carbocycles. The Morgan fingerprint density at radius 3 is 2.92 bits per heavy atom. The highest BCUT2D eigenvalue weighted by Crippen LogP contribution is 2.17. The van der Waals surface area contributed by atoms with Crippen molar-refractivity contribution in [1.29, 1.82) is 0 Å². The Bertz CT molecular complexity index is 523. The second-order valence-corrected chi connectivity index (χ2v) is 3.11. The summed E-state index contributed by atoms with van der Waals surface area (Å²) in [6.45, 7) is 0. The number of hydrogen-bond acceptors (Lipinski definition) is 3. The van der Waals surface area contributed by atoms with Crippen LogP contribution in [0.4, 0.5) is 0 Å². The van der Waals surface area contributed by atoms with Crippen LogP contribution < -0.4 is 5.56 Å². The van der Waals surface area contributed by atoms with Crippen molar-refractivity contribution in [2.75, 3.05) is 0 Å². The van der Waals surface area contributed by atoms with Crippen molar-refractivity contribution in [3.63, 3.8) is 0 Å². The van der Waals surface area contributed by atoms with Crippen LogP contribution in [0.5, 0.6) is 0 Å². The first-order valence-electron chi connectivity index (χ1n) is 3.38. The zero-order valence-electron chi connectivity index (χ0n) is 6.21. The summed E-state index contributed by atoms with van der Waals surface area (Å²) in [5.74, 6) is 0. The molecular weight excluding hydrogens is 213 g/mol. The van der Waals surface area contributed by atoms with Gasteiger partial charge in [0.25, 0.3) is 5.56 Å². The molecule has 0 saturated carbocycles. The summed E-state index contributed by atoms with van der Waals surface area (Å²) in [4.78, 5) is 21.1. The minimum Gasteiger partial charge on any atom is -0.303 e. The van der Waals surface area contributed by atoms with Gasteiger partial charge in [0.05, 0.1) is 5.02 Å². The fourth-order valence-electron chi connectivity index (χ4n) is 0.936. The van der Waals surface area contributed by atoms with Crippen molar-refractivity contribution < 1.29 is 0 Å². The van der Waals surface area contributed by atoms with E-state index >= 15 is 0 Å². The van der Waals surface area contributed by atoms with Gasteiger partial charge in [0, 0.05) is 6.20 Å². The third-order valence-electron chi connectivity index (χ3n) is 1.50. The maximum atomic E-state index is 11.0. The molecule has 2 heterocycles. The molecule has 0 aliphatic carbocycles. The highest BCUT2D eigenvalue weighted by atomic mass is 35.5. The molecule has 6 heteroatoms. The largest absolute Gasteiger partial charge is 0.303 e. The van der Waals surface area contributed by atoms with Crippen LogP contribution in [0.15, 0.2) is 17.1 Å². The van der Waals surface area contributed by atoms with Gasteiger partial charge in [0.15, 0.2) is 10.8 Å². The van der Waals surface area contributed by atoms with Crippen LogP contribution in [0.25, 0.3) is 11.2 Å². The number of aromatic nitrogens is 3. The second-order valence-electron chi connectivity index (χ2n) is 2.35. The van der Waals surface area contributed by atoms with Crippen LogP contribution in [0.2, 0.25) is 10.2 Å². The third-order valence-corrected chi connectivity index (χ3v) is 2.07. The van der Waals surface area contributed by atoms with Gasteiger partial charge in [-0.15, -0.1) is 0 Å². The van der Waals surface area contributed by atoms with Gasteiger partial charge in [-0.3, -0.25) is 4.79 Å². The Balaban J connectivity index is 2.97. The molecule has 4 nitrogen and oxygen atoms in total. The van der Waals surface area contributed by atoms with Crippen molar-refractivity contribution in [3.8, 4) is 0 Å². The fourth-order valence-corrected chi connectivity index (χ4v) is 1.26. The van der Waals surface area contributed by atoms with E-state index in [4.69, 9.17) is 23.2 Å². The molecule has 13 heavy (non-hydrogen) atoms. The van der Waals surface area contributed by atoms with Gasteiger partial charge < -0.3 is 4.98 Å². The minimum atomic E-state index is -0.469. The maximum Gasteiger partial charge on any atom is 0.287 e. The number of hydrogen-bond donors (Lipinski definition) is 1. The number of fused-ring (bicyclic) bond motifs is 1. The van der Waals surface area contributed by atoms with Crippen molar-refractivity contribution in [2.45, 2.75) is 0 Å². The Kier molecular flexibility index (Phi) is 1.94. The lowest BCUT2D eigenvalue weighted by atomic mass is 10.4. The molecule has 0 radical (unpaired) electrons. The van der Waals surface area contributed by atoms with Crippen molar-refractivity contribution in [2.24, 2.45) is 0 Å². The number of aromatic amines is 1. The lowest BCUT2D eigenvalue weighted by Crippen LogP contribution is -2.09. The van der Waals surface area contributed by atoms with E-state index in [2.05, 4.69) is 15.0 Å². The lowest BCUT2D eigenvalue weighted by molar-refractivity contribution is 1.17. The van der Waals surface area contributed by atoms with Crippen LogP contribution in [-0.2, 0) is 0 Å². The summed E-state index contributed by atoms with van der Waals surface area (Å²) in [6.07, 6.45) is 1.48. The number of nitrogens with zero attached hydrogens (tertiary/aromatic N) is 2. The predicted octanol–water partition coefficient (Wildman–Crippen LogP) is 1.62. The van der Waals surface area contributed by atoms with Gasteiger partial charge in [-0.2, -0.15) is 0 Å². The molecule has 0 bridgehead atoms. The SMILES string of the molecule is O=c1[nH]c2nccc(Cl)c2nc1Cl. The summed E-state index contributed by atoms with van der Waals surface area (Å²) < 4.78 is 0. The van der Waals surface area contributed by atoms with E-state index in [1.807, 2.05) is 0 Å². The molecule has 66 valence electrons. The smallest absolute Gasteiger partial charge is 0.287 e. The van der Waals surface area contributed by atoms with Gasteiger partial charge in [-0.05, 0) is 6.07 Å². The van der Waals surface area contributed by atoms with Gasteiger partial charge in [-0.25, -0.2) is 9.97 Å². The van der Waals surface area contributed by atoms with Gasteiger partial charge in [0.2, 0.25) is 0 Å². The molecule has 0 aliphatic rings. The Morgan fingerprint density at radius 2 is 2.15 bits per heavy atom. The van der Waals surface area contributed by atoms with E-state index in [-0.39, 0.29) is 5.15 Å². The van der Waals surface area contributed by atoms with Gasteiger partial charge in [-0.1, -0.05) is 23.2 Å². The first-order chi connectivity index (χ1) is 6.18. The predicted molar refractivity (Wildman–Crippen MR) is 50.2 cm³/mol. The molecule has 1 N–H and O–H groups in total. The first kappa shape index (κ1) is 8.47. The number of rotatable bonds is 0. The highest BCUT2D eigenvalue weighted by Gasteiger charge is 2.05. The second kappa shape index (κ2) is 2.97. The van der Waals surface area contributed by atoms with E-state index in [0.29, 0.717) is 16.2 Å². The summed E-state index contributed by atoms with van der Waals surface area (Å²) >= 11 is 11.3. The van der Waals surface area contributed by atoms with E-state index in [9.17, 15) is 4.79 Å². The minimum absolute atomic E-state index is 0.137. The summed E-state index contributed by atoms with van der Waals surface area (Å²) in [7, 11) is 0. The molecule has 2 rings (SSSR count). The van der Waals surface area contributed by atoms with Crippen LogP contribution >= 0.6 is 23.2 Å². The van der Waals surface area contributed by atoms with Crippen molar-refractivity contribution in [1.82, 2.24) is 15.0 Å². The number of pyridine rings is 1. The maximum absolute atomic E-state index is 11.0. The Morgan fingerprint density at radius 1 is 1.38 bits per heavy atom. The number of H-pyrrole nitrogens is 1. The molecule has 0 atom stereocenters. The number of halogens is 2. The topological polar surface area (TPSA) is 58.6 Å². The van der Waals surface area contributed by atoms with Crippen LogP contribution in [0.3, 0.4) is 0 Å². The van der Waals surface area contributed by atoms with E-state index in [1.165, 1.54) is 6.20 Å². The first-order valence-corrected chi connectivity index (χ1v) is 4.14. The molecule has 0 spiro atoms. The summed E-state index contributed by atoms with van der Waals surface area (Å²) in [5.41, 5.74) is 0.264. The van der Waals surface area contributed by atoms with Crippen LogP contribution in [0, 0.1) is 0 Å². The molecule has 2 aromatic rings. The Labute approximate surface area is 82.5 Å². The quantitative estimate of drug-likeness (QED) is 0.727. The average molecular weight is 216 g/mol. The average Bonchev–Trinajstić information content (AvgIpc) is 2.09. The molecule has 0 saturated heterocycles. The molecule has 0 unspecified atom stereocenters. The monoisotopic (exact) mass is 215 g/mol. The molecule has 0 amide bonds. The lowest BCUT2D eigenvalue weighted by Gasteiger charge is -1.97. The zero-order valence-corrected chi connectivity index (χ0v) is 7.73. The van der Waals surface area contributed by atoms with Crippen LogP contribution in [-0.4, -0.2) is 15.0 Å². The van der Waals surface area contributed by atoms with Crippen molar-refractivity contribution >= 4 is 34.4 Å². The summed E-state index contributed by atoms with van der Waals surface area (Å²) in [5, 5.41) is 0.269. The van der Waals surface area contributed by atoms with Crippen molar-refractivity contribution in [3.05, 3.63) is 32.8 Å². The Hall–Kier alpha value is -1.13. The summed E-state index contributed by atoms with van der Waals surface area (Å²) in [6, 6.07) is 1.57. The molecule has 0 fully saturated rings. The normalized spacial score (nSPS) is 10.6. The fraction of sp³-hybridized carbons (Fsp3) is 0. The molecule has 0 aliphatic heterocycles. The van der Waals surface area contributed by atoms with E-state index in [0.717, 1.165) is 0 Å². The molecular formula is C7H3Cl2N3O. The van der Waals surface area contributed by atoms with Gasteiger partial charge >= 0.3 is 0 Å². The third kappa shape index (κ3) is 1.38. The highest BCUT2D eigenvalue weighted by molar-refractivity contribution is 6.35.